The number of phosphoric acid groups is 1. The fourth-order valence-corrected chi connectivity index (χ4v) is 5.32. The summed E-state index contributed by atoms with van der Waals surface area (Å²) in [4.78, 5) is 52.7. The van der Waals surface area contributed by atoms with Crippen molar-refractivity contribution >= 4 is 30.9 Å². The van der Waals surface area contributed by atoms with E-state index >= 15 is 0 Å². The number of ether oxygens (including phenoxy) is 2. The first-order valence-electron chi connectivity index (χ1n) is 11.7. The minimum Gasteiger partial charge on any atom is -0.394 e. The molecular formula is C19H26N9O10P. The van der Waals surface area contributed by atoms with Crippen LogP contribution in [0.2, 0.25) is 0 Å². The van der Waals surface area contributed by atoms with E-state index in [1.54, 1.807) is 7.05 Å². The summed E-state index contributed by atoms with van der Waals surface area (Å²) in [6.45, 7) is -1.11. The van der Waals surface area contributed by atoms with Crippen LogP contribution in [0.3, 0.4) is 0 Å². The number of hydrogen-bond donors (Lipinski definition) is 6. The van der Waals surface area contributed by atoms with E-state index in [1.165, 1.54) is 10.9 Å². The maximum absolute atomic E-state index is 12.7. The lowest BCUT2D eigenvalue weighted by Crippen LogP contribution is -2.29. The Morgan fingerprint density at radius 1 is 1.18 bits per heavy atom. The van der Waals surface area contributed by atoms with Gasteiger partial charge >= 0.3 is 13.5 Å². The summed E-state index contributed by atoms with van der Waals surface area (Å²) in [5, 5.41) is 22.9. The van der Waals surface area contributed by atoms with Crippen LogP contribution in [-0.4, -0.2) is 93.8 Å². The number of aliphatic hydroxyl groups is 2. The molecule has 2 saturated heterocycles. The van der Waals surface area contributed by atoms with Crippen molar-refractivity contribution in [1.82, 2.24) is 34.1 Å². The van der Waals surface area contributed by atoms with Gasteiger partial charge in [-0.05, 0) is 0 Å². The van der Waals surface area contributed by atoms with Crippen molar-refractivity contribution < 1.29 is 38.2 Å². The average Bonchev–Trinajstić information content (AvgIpc) is 3.59. The van der Waals surface area contributed by atoms with E-state index in [1.807, 2.05) is 0 Å². The van der Waals surface area contributed by atoms with Crippen LogP contribution in [0.4, 0.5) is 11.9 Å². The molecule has 0 radical (unpaired) electrons. The van der Waals surface area contributed by atoms with E-state index in [4.69, 9.17) is 24.3 Å². The Hall–Kier alpha value is -3.29. The van der Waals surface area contributed by atoms with Gasteiger partial charge in [0, 0.05) is 19.9 Å². The first-order chi connectivity index (χ1) is 18.6. The molecule has 3 aromatic heterocycles. The first-order valence-corrected chi connectivity index (χ1v) is 13.2. The third-order valence-corrected chi connectivity index (χ3v) is 7.28. The van der Waals surface area contributed by atoms with Crippen molar-refractivity contribution in [2.75, 3.05) is 31.3 Å². The summed E-state index contributed by atoms with van der Waals surface area (Å²) in [6, 6.07) is 0. The first kappa shape index (κ1) is 27.3. The van der Waals surface area contributed by atoms with Gasteiger partial charge in [-0.15, -0.1) is 0 Å². The van der Waals surface area contributed by atoms with E-state index < -0.39 is 69.2 Å². The van der Waals surface area contributed by atoms with Crippen LogP contribution in [-0.2, 0) is 23.1 Å². The number of fused-ring (bicyclic) bond motifs is 1. The highest BCUT2D eigenvalue weighted by Crippen LogP contribution is 2.49. The topological polar surface area (TPSA) is 264 Å². The molecule has 7 N–H and O–H groups in total. The third-order valence-electron chi connectivity index (χ3n) is 6.27. The number of aliphatic hydroxyl groups excluding tert-OH is 2. The van der Waals surface area contributed by atoms with Gasteiger partial charge in [0.1, 0.15) is 37.1 Å². The Labute approximate surface area is 218 Å². The van der Waals surface area contributed by atoms with Crippen LogP contribution in [0.25, 0.3) is 11.2 Å². The molecule has 3 aromatic rings. The Kier molecular flexibility index (Phi) is 7.49. The Morgan fingerprint density at radius 3 is 2.62 bits per heavy atom. The SMILES string of the molecule is CNc1nc2c(ncn2[C@H]2C[C@@H](O)C(COP(=O)(O)O[C@@H]3C[C@H](n4cnc(N)nc4=O)OC3CO)O2)c(=O)[nH]1. The Bertz CT molecular complexity index is 1510. The summed E-state index contributed by atoms with van der Waals surface area (Å²) in [5.74, 6) is -0.0272. The molecule has 0 saturated carbocycles. The molecule has 0 bridgehead atoms. The largest absolute Gasteiger partial charge is 0.472 e. The molecule has 39 heavy (non-hydrogen) atoms. The number of imidazole rings is 1. The molecule has 2 aliphatic heterocycles. The number of H-pyrrole nitrogens is 1. The van der Waals surface area contributed by atoms with E-state index in [9.17, 15) is 29.3 Å². The second kappa shape index (κ2) is 10.7. The predicted molar refractivity (Wildman–Crippen MR) is 129 cm³/mol. The normalized spacial score (nSPS) is 28.6. The molecule has 19 nitrogen and oxygen atoms in total. The quantitative estimate of drug-likeness (QED) is 0.149. The second-order valence-electron chi connectivity index (χ2n) is 8.78. The standard InChI is InChI=1S/C19H26N9O10P/c1-21-18-24-15-14(16(31)25-18)22-6-27(15)12-2-8(30)11(37-12)5-35-39(33,34)38-9-3-13(36-10(9)4-29)28-7-23-17(20)26-19(28)32/h6-13,29-30H,2-5H2,1H3,(H,33,34)(H2,20,26,32)(H2,21,24,25,31)/t8-,9-,10?,11?,12-,13-/m1/s1. The molecule has 0 amide bonds. The number of anilines is 2. The molecule has 5 rings (SSSR count). The summed E-state index contributed by atoms with van der Waals surface area (Å²) in [5.41, 5.74) is 4.45. The number of aromatic nitrogens is 7. The van der Waals surface area contributed by atoms with Crippen molar-refractivity contribution in [3.63, 3.8) is 0 Å². The maximum Gasteiger partial charge on any atom is 0.472 e. The molecule has 212 valence electrons. The minimum absolute atomic E-state index is 0.0581. The fourth-order valence-electron chi connectivity index (χ4n) is 4.36. The zero-order chi connectivity index (χ0) is 27.9. The van der Waals surface area contributed by atoms with Gasteiger partial charge in [0.05, 0.1) is 25.6 Å². The number of nitrogen functional groups attached to an aromatic ring is 1. The lowest BCUT2D eigenvalue weighted by Gasteiger charge is -2.21. The number of aromatic amines is 1. The number of nitrogens with zero attached hydrogens (tertiary/aromatic N) is 6. The van der Waals surface area contributed by atoms with Crippen LogP contribution in [0.1, 0.15) is 25.3 Å². The number of phosphoric ester groups is 1. The van der Waals surface area contributed by atoms with Crippen molar-refractivity contribution in [2.45, 2.75) is 49.7 Å². The highest BCUT2D eigenvalue weighted by Gasteiger charge is 2.43. The van der Waals surface area contributed by atoms with Gasteiger partial charge in [-0.25, -0.2) is 19.3 Å². The van der Waals surface area contributed by atoms with Gasteiger partial charge < -0.3 is 35.6 Å². The summed E-state index contributed by atoms with van der Waals surface area (Å²) >= 11 is 0. The van der Waals surface area contributed by atoms with Crippen molar-refractivity contribution in [2.24, 2.45) is 0 Å². The van der Waals surface area contributed by atoms with E-state index in [2.05, 4.69) is 30.2 Å². The smallest absolute Gasteiger partial charge is 0.394 e. The zero-order valence-corrected chi connectivity index (χ0v) is 21.2. The summed E-state index contributed by atoms with van der Waals surface area (Å²) in [6.07, 6.45) is -3.71. The zero-order valence-electron chi connectivity index (χ0n) is 20.4. The fraction of sp³-hybridized carbons (Fsp3) is 0.579. The monoisotopic (exact) mass is 571 g/mol. The number of nitrogens with one attached hydrogen (secondary N) is 2. The average molecular weight is 571 g/mol. The number of hydrogen-bond acceptors (Lipinski definition) is 15. The summed E-state index contributed by atoms with van der Waals surface area (Å²) < 4.78 is 36.8. The van der Waals surface area contributed by atoms with Crippen molar-refractivity contribution in [3.8, 4) is 0 Å². The van der Waals surface area contributed by atoms with Gasteiger partial charge in [0.25, 0.3) is 5.56 Å². The molecule has 2 aliphatic rings. The Balaban J connectivity index is 1.22. The number of rotatable bonds is 9. The molecule has 2 fully saturated rings. The molecular weight excluding hydrogens is 545 g/mol. The minimum atomic E-state index is -4.75. The number of nitrogens with two attached hydrogens (primary N) is 1. The Morgan fingerprint density at radius 2 is 1.90 bits per heavy atom. The van der Waals surface area contributed by atoms with Gasteiger partial charge in [0.2, 0.25) is 11.9 Å². The third kappa shape index (κ3) is 5.56. The highest BCUT2D eigenvalue weighted by atomic mass is 31.2. The van der Waals surface area contributed by atoms with Gasteiger partial charge in [-0.1, -0.05) is 0 Å². The van der Waals surface area contributed by atoms with Crippen LogP contribution in [0.15, 0.2) is 22.2 Å². The van der Waals surface area contributed by atoms with E-state index in [0.717, 1.165) is 10.9 Å². The van der Waals surface area contributed by atoms with Gasteiger partial charge in [0.15, 0.2) is 11.2 Å². The second-order valence-corrected chi connectivity index (χ2v) is 10.2. The molecule has 7 atom stereocenters. The lowest BCUT2D eigenvalue weighted by molar-refractivity contribution is -0.0565. The summed E-state index contributed by atoms with van der Waals surface area (Å²) in [7, 11) is -3.17. The van der Waals surface area contributed by atoms with Crippen molar-refractivity contribution in [3.05, 3.63) is 33.5 Å². The van der Waals surface area contributed by atoms with E-state index in [-0.39, 0.29) is 35.9 Å². The van der Waals surface area contributed by atoms with Gasteiger partial charge in [-0.2, -0.15) is 9.97 Å². The molecule has 0 spiro atoms. The van der Waals surface area contributed by atoms with E-state index in [0.29, 0.717) is 0 Å². The molecule has 20 heteroatoms. The highest BCUT2D eigenvalue weighted by molar-refractivity contribution is 7.47. The van der Waals surface area contributed by atoms with Gasteiger partial charge in [-0.3, -0.25) is 28.0 Å². The van der Waals surface area contributed by atoms with Crippen LogP contribution >= 0.6 is 7.82 Å². The predicted octanol–water partition coefficient (Wildman–Crippen LogP) is -2.17. The molecule has 5 heterocycles. The molecule has 0 aliphatic carbocycles. The van der Waals surface area contributed by atoms with Crippen LogP contribution in [0, 0.1) is 0 Å². The van der Waals surface area contributed by atoms with Crippen LogP contribution < -0.4 is 22.3 Å². The van der Waals surface area contributed by atoms with Crippen LogP contribution in [0.5, 0.6) is 0 Å². The maximum atomic E-state index is 12.7. The molecule has 3 unspecified atom stereocenters. The molecule has 0 aromatic carbocycles. The lowest BCUT2D eigenvalue weighted by atomic mass is 10.2. The van der Waals surface area contributed by atoms with Crippen molar-refractivity contribution in [1.29, 1.82) is 0 Å².